The number of halogens is 2. The number of nitrogens with zero attached hydrogens (tertiary/aromatic N) is 2. The van der Waals surface area contributed by atoms with Crippen molar-refractivity contribution in [3.05, 3.63) is 59.4 Å². The third-order valence-electron chi connectivity index (χ3n) is 3.54. The fraction of sp³-hybridized carbons (Fsp3) is 0.125. The van der Waals surface area contributed by atoms with Gasteiger partial charge in [-0.2, -0.15) is 0 Å². The van der Waals surface area contributed by atoms with E-state index >= 15 is 0 Å². The second-order valence-corrected chi connectivity index (χ2v) is 5.00. The lowest BCUT2D eigenvalue weighted by Crippen LogP contribution is -2.12. The van der Waals surface area contributed by atoms with E-state index in [1.165, 1.54) is 6.07 Å². The molecule has 3 rings (SSSR count). The quantitative estimate of drug-likeness (QED) is 0.788. The molecule has 1 amide bonds. The maximum Gasteiger partial charge on any atom is 0.255 e. The van der Waals surface area contributed by atoms with Crippen LogP contribution in [0.2, 0.25) is 0 Å². The van der Waals surface area contributed by atoms with Crippen LogP contribution in [0.5, 0.6) is 0 Å². The molecular formula is C16H13F2N3O. The van der Waals surface area contributed by atoms with Crippen molar-refractivity contribution in [3.63, 3.8) is 0 Å². The van der Waals surface area contributed by atoms with Crippen LogP contribution in [0.15, 0.2) is 36.4 Å². The van der Waals surface area contributed by atoms with Gasteiger partial charge in [0.05, 0.1) is 11.0 Å². The van der Waals surface area contributed by atoms with Gasteiger partial charge in [-0.1, -0.05) is 0 Å². The summed E-state index contributed by atoms with van der Waals surface area (Å²) in [6.45, 7) is 1.89. The summed E-state index contributed by atoms with van der Waals surface area (Å²) >= 11 is 0. The minimum Gasteiger partial charge on any atom is -0.331 e. The second kappa shape index (κ2) is 5.22. The van der Waals surface area contributed by atoms with Gasteiger partial charge in [-0.15, -0.1) is 0 Å². The lowest BCUT2D eigenvalue weighted by atomic mass is 10.2. The van der Waals surface area contributed by atoms with E-state index < -0.39 is 17.5 Å². The van der Waals surface area contributed by atoms with Crippen molar-refractivity contribution in [1.82, 2.24) is 9.55 Å². The van der Waals surface area contributed by atoms with E-state index in [1.54, 1.807) is 12.1 Å². The Bertz CT molecular complexity index is 886. The highest BCUT2D eigenvalue weighted by molar-refractivity contribution is 6.05. The zero-order chi connectivity index (χ0) is 15.9. The van der Waals surface area contributed by atoms with Crippen LogP contribution >= 0.6 is 0 Å². The van der Waals surface area contributed by atoms with E-state index in [2.05, 4.69) is 10.3 Å². The van der Waals surface area contributed by atoms with Gasteiger partial charge in [0.2, 0.25) is 0 Å². The maximum atomic E-state index is 13.2. The van der Waals surface area contributed by atoms with Crippen molar-refractivity contribution in [2.75, 3.05) is 5.32 Å². The molecule has 0 saturated carbocycles. The molecule has 0 fully saturated rings. The summed E-state index contributed by atoms with van der Waals surface area (Å²) in [5, 5.41) is 2.65. The molecule has 0 bridgehead atoms. The van der Waals surface area contributed by atoms with E-state index in [0.29, 0.717) is 5.69 Å². The molecule has 0 radical (unpaired) electrons. The number of aromatic nitrogens is 2. The second-order valence-electron chi connectivity index (χ2n) is 5.00. The number of nitrogens with one attached hydrogen (secondary N) is 1. The van der Waals surface area contributed by atoms with E-state index in [9.17, 15) is 13.6 Å². The number of anilines is 1. The minimum absolute atomic E-state index is 0.0520. The molecule has 0 saturated heterocycles. The Hall–Kier alpha value is -2.76. The number of hydrogen-bond donors (Lipinski definition) is 1. The highest BCUT2D eigenvalue weighted by Crippen LogP contribution is 2.20. The van der Waals surface area contributed by atoms with E-state index in [4.69, 9.17) is 0 Å². The molecule has 0 spiro atoms. The molecule has 0 atom stereocenters. The van der Waals surface area contributed by atoms with Gasteiger partial charge in [-0.25, -0.2) is 13.8 Å². The first-order chi connectivity index (χ1) is 10.5. The number of carbonyl (C=O) groups excluding carboxylic acids is 1. The van der Waals surface area contributed by atoms with E-state index in [0.717, 1.165) is 29.0 Å². The Morgan fingerprint density at radius 3 is 2.64 bits per heavy atom. The first kappa shape index (κ1) is 14.2. The van der Waals surface area contributed by atoms with E-state index in [1.807, 2.05) is 24.6 Å². The van der Waals surface area contributed by atoms with Crippen LogP contribution in [-0.4, -0.2) is 15.5 Å². The summed E-state index contributed by atoms with van der Waals surface area (Å²) in [4.78, 5) is 16.4. The molecule has 3 aromatic rings. The molecule has 22 heavy (non-hydrogen) atoms. The van der Waals surface area contributed by atoms with Crippen molar-refractivity contribution >= 4 is 22.6 Å². The lowest BCUT2D eigenvalue weighted by Gasteiger charge is -2.06. The lowest BCUT2D eigenvalue weighted by molar-refractivity contribution is 0.102. The number of imidazole rings is 1. The van der Waals surface area contributed by atoms with Gasteiger partial charge < -0.3 is 9.88 Å². The van der Waals surface area contributed by atoms with Gasteiger partial charge in [-0.3, -0.25) is 4.79 Å². The Labute approximate surface area is 125 Å². The molecule has 112 valence electrons. The first-order valence-electron chi connectivity index (χ1n) is 6.65. The Kier molecular flexibility index (Phi) is 3.36. The summed E-state index contributed by atoms with van der Waals surface area (Å²) in [5.41, 5.74) is 2.29. The zero-order valence-corrected chi connectivity index (χ0v) is 12.0. The van der Waals surface area contributed by atoms with Crippen molar-refractivity contribution in [3.8, 4) is 0 Å². The van der Waals surface area contributed by atoms with Gasteiger partial charge in [-0.05, 0) is 43.3 Å². The fourth-order valence-corrected chi connectivity index (χ4v) is 2.24. The summed E-state index contributed by atoms with van der Waals surface area (Å²) < 4.78 is 28.0. The van der Waals surface area contributed by atoms with Gasteiger partial charge in [0, 0.05) is 18.3 Å². The molecule has 1 N–H and O–H groups in total. The number of aryl methyl sites for hydroxylation is 2. The predicted octanol–water partition coefficient (Wildman–Crippen LogP) is 3.41. The number of hydrogen-bond acceptors (Lipinski definition) is 2. The third-order valence-corrected chi connectivity index (χ3v) is 3.54. The number of rotatable bonds is 2. The average Bonchev–Trinajstić information content (AvgIpc) is 2.76. The summed E-state index contributed by atoms with van der Waals surface area (Å²) in [6.07, 6.45) is 0. The summed E-state index contributed by atoms with van der Waals surface area (Å²) in [7, 11) is 1.91. The van der Waals surface area contributed by atoms with Crippen LogP contribution in [0.25, 0.3) is 11.0 Å². The van der Waals surface area contributed by atoms with Crippen molar-refractivity contribution in [2.45, 2.75) is 6.92 Å². The summed E-state index contributed by atoms with van der Waals surface area (Å²) in [6, 6.07) is 8.35. The van der Waals surface area contributed by atoms with Crippen LogP contribution in [-0.2, 0) is 7.05 Å². The molecule has 1 heterocycles. The average molecular weight is 301 g/mol. The normalized spacial score (nSPS) is 10.9. The Morgan fingerprint density at radius 2 is 1.91 bits per heavy atom. The van der Waals surface area contributed by atoms with Crippen LogP contribution in [0.1, 0.15) is 16.2 Å². The maximum absolute atomic E-state index is 13.2. The van der Waals surface area contributed by atoms with Crippen LogP contribution < -0.4 is 5.32 Å². The van der Waals surface area contributed by atoms with Crippen LogP contribution in [0, 0.1) is 18.6 Å². The van der Waals surface area contributed by atoms with Crippen LogP contribution in [0.3, 0.4) is 0 Å². The van der Waals surface area contributed by atoms with Gasteiger partial charge in [0.25, 0.3) is 5.91 Å². The zero-order valence-electron chi connectivity index (χ0n) is 12.0. The smallest absolute Gasteiger partial charge is 0.255 e. The highest BCUT2D eigenvalue weighted by atomic mass is 19.2. The molecule has 4 nitrogen and oxygen atoms in total. The summed E-state index contributed by atoms with van der Waals surface area (Å²) in [5.74, 6) is -1.68. The molecule has 6 heteroatoms. The molecule has 0 unspecified atom stereocenters. The molecule has 0 aliphatic carbocycles. The van der Waals surface area contributed by atoms with Crippen molar-refractivity contribution in [2.24, 2.45) is 7.05 Å². The van der Waals surface area contributed by atoms with Gasteiger partial charge in [0.1, 0.15) is 5.82 Å². The number of benzene rings is 2. The van der Waals surface area contributed by atoms with Gasteiger partial charge >= 0.3 is 0 Å². The SMILES string of the molecule is Cc1nc2cc(NC(=O)c3ccc(F)c(F)c3)ccc2n1C. The Morgan fingerprint density at radius 1 is 1.14 bits per heavy atom. The third kappa shape index (κ3) is 2.43. The molecule has 0 aliphatic heterocycles. The van der Waals surface area contributed by atoms with E-state index in [-0.39, 0.29) is 5.56 Å². The Balaban J connectivity index is 1.88. The highest BCUT2D eigenvalue weighted by Gasteiger charge is 2.11. The number of fused-ring (bicyclic) bond motifs is 1. The molecule has 1 aromatic heterocycles. The fourth-order valence-electron chi connectivity index (χ4n) is 2.24. The van der Waals surface area contributed by atoms with Gasteiger partial charge in [0.15, 0.2) is 11.6 Å². The standard InChI is InChI=1S/C16H13F2N3O/c1-9-19-14-8-11(4-6-15(14)21(9)2)20-16(22)10-3-5-12(17)13(18)7-10/h3-8H,1-2H3,(H,20,22). The largest absolute Gasteiger partial charge is 0.331 e. The number of carbonyl (C=O) groups is 1. The number of amides is 1. The topological polar surface area (TPSA) is 46.9 Å². The molecule has 2 aromatic carbocycles. The molecular weight excluding hydrogens is 288 g/mol. The van der Waals surface area contributed by atoms with Crippen molar-refractivity contribution < 1.29 is 13.6 Å². The van der Waals surface area contributed by atoms with Crippen molar-refractivity contribution in [1.29, 1.82) is 0 Å². The minimum atomic E-state index is -1.05. The first-order valence-corrected chi connectivity index (χ1v) is 6.65. The predicted molar refractivity (Wildman–Crippen MR) is 79.8 cm³/mol. The van der Waals surface area contributed by atoms with Crippen LogP contribution in [0.4, 0.5) is 14.5 Å². The molecule has 0 aliphatic rings. The monoisotopic (exact) mass is 301 g/mol.